The first kappa shape index (κ1) is 30.3. The minimum Gasteiger partial charge on any atom is -0.490 e. The lowest BCUT2D eigenvalue weighted by molar-refractivity contribution is -0.141. The van der Waals surface area contributed by atoms with Crippen molar-refractivity contribution in [2.75, 3.05) is 5.73 Å². The fourth-order valence-electron chi connectivity index (χ4n) is 4.49. The molecule has 3 N–H and O–H groups in total. The number of carbonyl (C=O) groups is 1. The molecule has 14 heteroatoms. The third kappa shape index (κ3) is 5.86. The Balaban J connectivity index is 1.84. The van der Waals surface area contributed by atoms with Crippen molar-refractivity contribution in [1.82, 2.24) is 24.7 Å². The van der Waals surface area contributed by atoms with Crippen LogP contribution in [0.1, 0.15) is 72.3 Å². The summed E-state index contributed by atoms with van der Waals surface area (Å²) in [6, 6.07) is 3.44. The maximum absolute atomic E-state index is 15.6. The van der Waals surface area contributed by atoms with E-state index in [-0.39, 0.29) is 22.2 Å². The van der Waals surface area contributed by atoms with Crippen LogP contribution in [0.2, 0.25) is 5.02 Å². The molecule has 2 atom stereocenters. The van der Waals surface area contributed by atoms with Crippen LogP contribution in [0.4, 0.5) is 23.4 Å². The highest BCUT2D eigenvalue weighted by Crippen LogP contribution is 2.40. The van der Waals surface area contributed by atoms with Gasteiger partial charge in [0, 0.05) is 35.2 Å². The van der Waals surface area contributed by atoms with E-state index in [4.69, 9.17) is 22.1 Å². The standard InChI is InChI=1S/C27H26ClF4N6O2Si/c1-12(2)40-22-16(13(3)24-36-14(4)21-23(33)35-8-9-38(21)24)11-17(28)20(29)19(22)25(39)37-26(5,41)15-6-7-34-18(10-15)27(30,31)32/h6-13H,1-5H3,(H2,33,35)(H,37,39)/t13-,26-/m0/s1. The van der Waals surface area contributed by atoms with Gasteiger partial charge in [-0.2, -0.15) is 13.2 Å². The first-order valence-corrected chi connectivity index (χ1v) is 13.3. The van der Waals surface area contributed by atoms with Crippen LogP contribution in [0.25, 0.3) is 5.52 Å². The molecule has 3 aromatic heterocycles. The van der Waals surface area contributed by atoms with E-state index in [0.717, 1.165) is 12.3 Å². The number of alkyl halides is 3. The van der Waals surface area contributed by atoms with E-state index in [1.807, 2.05) is 0 Å². The van der Waals surface area contributed by atoms with Gasteiger partial charge in [-0.3, -0.25) is 14.2 Å². The molecule has 0 saturated carbocycles. The van der Waals surface area contributed by atoms with Crippen molar-refractivity contribution in [3.05, 3.63) is 81.5 Å². The van der Waals surface area contributed by atoms with Crippen molar-refractivity contribution < 1.29 is 27.1 Å². The number of nitrogens with two attached hydrogens (primary N) is 1. The zero-order valence-corrected chi connectivity index (χ0v) is 24.4. The summed E-state index contributed by atoms with van der Waals surface area (Å²) < 4.78 is 63.2. The highest BCUT2D eigenvalue weighted by Gasteiger charge is 2.36. The second-order valence-corrected chi connectivity index (χ2v) is 11.4. The van der Waals surface area contributed by atoms with Gasteiger partial charge in [-0.15, -0.1) is 0 Å². The van der Waals surface area contributed by atoms with Gasteiger partial charge in [0.05, 0.1) is 27.1 Å². The van der Waals surface area contributed by atoms with Crippen LogP contribution in [0.3, 0.4) is 0 Å². The average Bonchev–Trinajstić information content (AvgIpc) is 3.22. The van der Waals surface area contributed by atoms with Crippen LogP contribution in [0.15, 0.2) is 36.8 Å². The third-order valence-corrected chi connectivity index (χ3v) is 7.10. The fraction of sp³-hybridized carbons (Fsp3) is 0.333. The van der Waals surface area contributed by atoms with Crippen LogP contribution in [-0.4, -0.2) is 41.6 Å². The van der Waals surface area contributed by atoms with Crippen LogP contribution < -0.4 is 15.8 Å². The summed E-state index contributed by atoms with van der Waals surface area (Å²) in [6.45, 7) is 8.37. The van der Waals surface area contributed by atoms with Gasteiger partial charge in [-0.25, -0.2) is 14.4 Å². The van der Waals surface area contributed by atoms with Gasteiger partial charge in [0.2, 0.25) is 0 Å². The number of hydrogen-bond acceptors (Lipinski definition) is 6. The fourth-order valence-corrected chi connectivity index (χ4v) is 4.97. The summed E-state index contributed by atoms with van der Waals surface area (Å²) in [5, 5.41) is 0.637. The topological polar surface area (TPSA) is 107 Å². The molecule has 3 heterocycles. The summed E-state index contributed by atoms with van der Waals surface area (Å²) in [5.74, 6) is -1.92. The van der Waals surface area contributed by atoms with Gasteiger partial charge in [0.25, 0.3) is 5.91 Å². The normalized spacial score (nSPS) is 14.2. The number of ether oxygens (including phenoxy) is 1. The Morgan fingerprint density at radius 2 is 1.88 bits per heavy atom. The molecule has 0 fully saturated rings. The second kappa shape index (κ2) is 10.9. The number of imidazole rings is 1. The molecule has 0 saturated heterocycles. The van der Waals surface area contributed by atoms with E-state index in [2.05, 4.69) is 30.5 Å². The quantitative estimate of drug-likeness (QED) is 0.212. The van der Waals surface area contributed by atoms with Gasteiger partial charge in [-0.05, 0) is 51.5 Å². The Kier molecular flexibility index (Phi) is 8.07. The summed E-state index contributed by atoms with van der Waals surface area (Å²) in [5.41, 5.74) is 5.99. The maximum Gasteiger partial charge on any atom is 0.433 e. The van der Waals surface area contributed by atoms with E-state index in [1.165, 1.54) is 25.3 Å². The number of halogens is 5. The Morgan fingerprint density at radius 3 is 2.51 bits per heavy atom. The molecular weight excluding hydrogens is 580 g/mol. The molecule has 0 bridgehead atoms. The van der Waals surface area contributed by atoms with Gasteiger partial charge in [-0.1, -0.05) is 18.5 Å². The number of carbonyl (C=O) groups excluding carboxylic acids is 1. The average molecular weight is 606 g/mol. The number of aromatic nitrogens is 4. The predicted molar refractivity (Wildman–Crippen MR) is 147 cm³/mol. The number of nitrogens with one attached hydrogen (secondary N) is 1. The lowest BCUT2D eigenvalue weighted by atomic mass is 9.95. The van der Waals surface area contributed by atoms with Gasteiger partial charge in [0.15, 0.2) is 5.82 Å². The number of rotatable bonds is 7. The Morgan fingerprint density at radius 1 is 1.20 bits per heavy atom. The Labute approximate surface area is 241 Å². The lowest BCUT2D eigenvalue weighted by Crippen LogP contribution is -2.44. The van der Waals surface area contributed by atoms with E-state index < -0.39 is 46.3 Å². The molecule has 4 rings (SSSR count). The van der Waals surface area contributed by atoms with E-state index >= 15 is 4.39 Å². The molecular formula is C27H26ClF4N6O2Si. The highest BCUT2D eigenvalue weighted by atomic mass is 35.5. The Bertz CT molecular complexity index is 1640. The van der Waals surface area contributed by atoms with Crippen molar-refractivity contribution in [3.63, 3.8) is 0 Å². The highest BCUT2D eigenvalue weighted by molar-refractivity contribution is 6.31. The number of hydrogen-bond donors (Lipinski definition) is 2. The van der Waals surface area contributed by atoms with Gasteiger partial charge < -0.3 is 15.8 Å². The maximum atomic E-state index is 15.6. The summed E-state index contributed by atoms with van der Waals surface area (Å²) in [6.07, 6.45) is -1.03. The number of aryl methyl sites for hydroxylation is 1. The van der Waals surface area contributed by atoms with Crippen molar-refractivity contribution >= 4 is 39.1 Å². The molecule has 0 aliphatic rings. The van der Waals surface area contributed by atoms with Crippen molar-refractivity contribution in [1.29, 1.82) is 0 Å². The number of nitrogen functional groups attached to an aromatic ring is 1. The lowest BCUT2D eigenvalue weighted by Gasteiger charge is -2.29. The smallest absolute Gasteiger partial charge is 0.433 e. The molecule has 0 aliphatic heterocycles. The summed E-state index contributed by atoms with van der Waals surface area (Å²) >= 11 is 6.30. The van der Waals surface area contributed by atoms with Crippen LogP contribution in [0.5, 0.6) is 5.75 Å². The van der Waals surface area contributed by atoms with Gasteiger partial charge in [0.1, 0.15) is 34.2 Å². The Hall–Kier alpha value is -3.71. The first-order chi connectivity index (χ1) is 19.0. The zero-order valence-electron chi connectivity index (χ0n) is 22.7. The summed E-state index contributed by atoms with van der Waals surface area (Å²) in [7, 11) is 3.34. The van der Waals surface area contributed by atoms with E-state index in [9.17, 15) is 18.0 Å². The molecule has 215 valence electrons. The van der Waals surface area contributed by atoms with Crippen molar-refractivity contribution in [2.24, 2.45) is 0 Å². The van der Waals surface area contributed by atoms with Crippen LogP contribution in [0, 0.1) is 12.7 Å². The number of fused-ring (bicyclic) bond motifs is 1. The molecule has 3 radical (unpaired) electrons. The minimum absolute atomic E-state index is 0.0257. The first-order valence-electron chi connectivity index (χ1n) is 12.4. The zero-order chi connectivity index (χ0) is 30.4. The second-order valence-electron chi connectivity index (χ2n) is 9.95. The molecule has 0 spiro atoms. The van der Waals surface area contributed by atoms with Crippen molar-refractivity contribution in [2.45, 2.75) is 58.0 Å². The molecule has 0 aliphatic carbocycles. The molecule has 1 aromatic carbocycles. The largest absolute Gasteiger partial charge is 0.490 e. The predicted octanol–water partition coefficient (Wildman–Crippen LogP) is 5.54. The van der Waals surface area contributed by atoms with E-state index in [1.54, 1.807) is 38.3 Å². The minimum atomic E-state index is -4.71. The number of amides is 1. The number of anilines is 1. The third-order valence-electron chi connectivity index (χ3n) is 6.41. The number of nitrogens with zero attached hydrogens (tertiary/aromatic N) is 4. The number of benzene rings is 1. The number of pyridine rings is 1. The molecule has 8 nitrogen and oxygen atoms in total. The molecule has 41 heavy (non-hydrogen) atoms. The van der Waals surface area contributed by atoms with Gasteiger partial charge >= 0.3 is 6.18 Å². The molecule has 0 unspecified atom stereocenters. The van der Waals surface area contributed by atoms with Crippen molar-refractivity contribution in [3.8, 4) is 5.75 Å². The van der Waals surface area contributed by atoms with Crippen LogP contribution in [-0.2, 0) is 11.3 Å². The van der Waals surface area contributed by atoms with Crippen LogP contribution >= 0.6 is 11.6 Å². The van der Waals surface area contributed by atoms with E-state index in [0.29, 0.717) is 22.6 Å². The molecule has 1 amide bonds. The SMILES string of the molecule is Cc1nc([C@@H](C)c2cc(Cl)c(F)c(C(=O)N[C@@](C)([Si])c3ccnc(C(F)(F)F)c3)c2OC(C)C)n2ccnc(N)c12. The summed E-state index contributed by atoms with van der Waals surface area (Å²) in [4.78, 5) is 25.8. The monoisotopic (exact) mass is 605 g/mol. The molecule has 4 aromatic rings.